The van der Waals surface area contributed by atoms with Crippen molar-refractivity contribution in [1.29, 1.82) is 0 Å². The smallest absolute Gasteiger partial charge is 0.410 e. The van der Waals surface area contributed by atoms with Crippen molar-refractivity contribution in [2.45, 2.75) is 52.4 Å². The lowest BCUT2D eigenvalue weighted by Gasteiger charge is -2.25. The molecule has 0 unspecified atom stereocenters. The predicted octanol–water partition coefficient (Wildman–Crippen LogP) is 3.48. The maximum atomic E-state index is 12.6. The van der Waals surface area contributed by atoms with Crippen molar-refractivity contribution >= 4 is 34.5 Å². The normalized spacial score (nSPS) is 14.3. The molecule has 9 nitrogen and oxygen atoms in total. The second kappa shape index (κ2) is 8.22. The zero-order chi connectivity index (χ0) is 22.2. The van der Waals surface area contributed by atoms with Gasteiger partial charge in [0.2, 0.25) is 0 Å². The van der Waals surface area contributed by atoms with E-state index >= 15 is 0 Å². The van der Waals surface area contributed by atoms with Crippen molar-refractivity contribution in [3.8, 4) is 0 Å². The fourth-order valence-corrected chi connectivity index (χ4v) is 3.69. The van der Waals surface area contributed by atoms with Crippen molar-refractivity contribution in [2.75, 3.05) is 6.54 Å². The van der Waals surface area contributed by atoms with Gasteiger partial charge in [0.1, 0.15) is 11.3 Å². The number of H-pyrrole nitrogens is 1. The third-order valence-electron chi connectivity index (χ3n) is 4.93. The lowest BCUT2D eigenvalue weighted by molar-refractivity contribution is 0.0234. The third-order valence-corrected chi connectivity index (χ3v) is 5.17. The summed E-state index contributed by atoms with van der Waals surface area (Å²) in [5.41, 5.74) is 0.734. The van der Waals surface area contributed by atoms with Crippen LogP contribution in [0.15, 0.2) is 24.3 Å². The second-order valence-electron chi connectivity index (χ2n) is 8.54. The van der Waals surface area contributed by atoms with E-state index < -0.39 is 5.60 Å². The molecular formula is C21H25ClN6O3. The van der Waals surface area contributed by atoms with Gasteiger partial charge in [0.25, 0.3) is 5.91 Å². The zero-order valence-corrected chi connectivity index (χ0v) is 18.5. The number of benzene rings is 1. The van der Waals surface area contributed by atoms with Crippen molar-refractivity contribution in [3.05, 3.63) is 46.6 Å². The van der Waals surface area contributed by atoms with E-state index in [9.17, 15) is 9.59 Å². The van der Waals surface area contributed by atoms with Crippen LogP contribution < -0.4 is 5.32 Å². The molecule has 0 spiro atoms. The molecule has 0 fully saturated rings. The minimum atomic E-state index is -0.555. The predicted molar refractivity (Wildman–Crippen MR) is 116 cm³/mol. The Morgan fingerprint density at radius 1 is 1.23 bits per heavy atom. The number of hydrogen-bond donors (Lipinski definition) is 2. The molecule has 1 aliphatic rings. The first kappa shape index (κ1) is 21.2. The average Bonchev–Trinajstić information content (AvgIpc) is 3.21. The van der Waals surface area contributed by atoms with Gasteiger partial charge in [-0.05, 0) is 51.5 Å². The van der Waals surface area contributed by atoms with Crippen LogP contribution in [0.1, 0.15) is 49.3 Å². The molecule has 2 amide bonds. The van der Waals surface area contributed by atoms with Crippen molar-refractivity contribution in [2.24, 2.45) is 0 Å². The fourth-order valence-electron chi connectivity index (χ4n) is 3.51. The molecule has 0 aliphatic carbocycles. The molecule has 1 aromatic carbocycles. The van der Waals surface area contributed by atoms with Crippen molar-refractivity contribution in [1.82, 2.24) is 30.0 Å². The molecule has 0 atom stereocenters. The fraction of sp³-hybridized carbons (Fsp3) is 0.429. The summed E-state index contributed by atoms with van der Waals surface area (Å²) in [5.74, 6) is 1.08. The van der Waals surface area contributed by atoms with Gasteiger partial charge in [-0.25, -0.2) is 4.79 Å². The number of ether oxygens (including phenoxy) is 1. The van der Waals surface area contributed by atoms with Crippen LogP contribution in [0.3, 0.4) is 0 Å². The molecule has 4 rings (SSSR count). The number of hydrogen-bond acceptors (Lipinski definition) is 5. The number of aromatic nitrogens is 4. The Balaban J connectivity index is 1.42. The van der Waals surface area contributed by atoms with E-state index in [-0.39, 0.29) is 18.5 Å². The molecule has 0 bridgehead atoms. The number of nitrogens with zero attached hydrogens (tertiary/aromatic N) is 4. The molecule has 1 aliphatic heterocycles. The van der Waals surface area contributed by atoms with Crippen LogP contribution in [0.2, 0.25) is 5.02 Å². The molecule has 10 heteroatoms. The number of nitrogens with one attached hydrogen (secondary N) is 2. The van der Waals surface area contributed by atoms with Crippen LogP contribution in [-0.2, 0) is 24.4 Å². The first-order valence-electron chi connectivity index (χ1n) is 10.1. The Morgan fingerprint density at radius 2 is 2.03 bits per heavy atom. The van der Waals surface area contributed by atoms with Crippen LogP contribution in [0.4, 0.5) is 4.79 Å². The summed E-state index contributed by atoms with van der Waals surface area (Å²) in [6.07, 6.45) is 0.381. The molecule has 164 valence electrons. The molecule has 3 aromatic rings. The Bertz CT molecular complexity index is 1130. The van der Waals surface area contributed by atoms with E-state index in [1.165, 1.54) is 0 Å². The maximum Gasteiger partial charge on any atom is 0.410 e. The molecular weight excluding hydrogens is 420 g/mol. The van der Waals surface area contributed by atoms with E-state index in [1.54, 1.807) is 23.1 Å². The summed E-state index contributed by atoms with van der Waals surface area (Å²) < 4.78 is 7.43. The van der Waals surface area contributed by atoms with E-state index in [4.69, 9.17) is 16.3 Å². The van der Waals surface area contributed by atoms with E-state index in [2.05, 4.69) is 20.5 Å². The molecule has 0 saturated carbocycles. The standard InChI is InChI=1S/C21H25ClN6O3/c1-21(2,3)31-20(30)27-7-4-8-28-17(25-26-18(28)12-27)11-23-19(29)16-10-13-9-14(22)5-6-15(13)24-16/h5-6,9-10,24H,4,7-8,11-12H2,1-3H3,(H,23,29). The van der Waals surface area contributed by atoms with Crippen LogP contribution in [0, 0.1) is 0 Å². The SMILES string of the molecule is CC(C)(C)OC(=O)N1CCCn2c(CNC(=O)c3cc4cc(Cl)ccc4[nH]3)nnc2C1. The first-order valence-corrected chi connectivity index (χ1v) is 10.5. The average molecular weight is 445 g/mol. The monoisotopic (exact) mass is 444 g/mol. The summed E-state index contributed by atoms with van der Waals surface area (Å²) in [6, 6.07) is 7.18. The van der Waals surface area contributed by atoms with Gasteiger partial charge >= 0.3 is 6.09 Å². The summed E-state index contributed by atoms with van der Waals surface area (Å²) in [4.78, 5) is 29.8. The van der Waals surface area contributed by atoms with Gasteiger partial charge in [0.05, 0.1) is 13.1 Å². The number of halogens is 1. The molecule has 3 heterocycles. The lowest BCUT2D eigenvalue weighted by Crippen LogP contribution is -2.36. The Labute approximate surface area is 184 Å². The van der Waals surface area contributed by atoms with Crippen LogP contribution in [0.25, 0.3) is 10.9 Å². The highest BCUT2D eigenvalue weighted by atomic mass is 35.5. The number of rotatable bonds is 3. The van der Waals surface area contributed by atoms with Gasteiger partial charge in [-0.3, -0.25) is 4.79 Å². The quantitative estimate of drug-likeness (QED) is 0.643. The van der Waals surface area contributed by atoms with Crippen LogP contribution in [-0.4, -0.2) is 48.8 Å². The van der Waals surface area contributed by atoms with Crippen molar-refractivity contribution < 1.29 is 14.3 Å². The van der Waals surface area contributed by atoms with Gasteiger partial charge in [-0.1, -0.05) is 11.6 Å². The number of carbonyl (C=O) groups excluding carboxylic acids is 2. The van der Waals surface area contributed by atoms with E-state index in [1.807, 2.05) is 31.4 Å². The Hall–Kier alpha value is -3.07. The minimum Gasteiger partial charge on any atom is -0.444 e. The Morgan fingerprint density at radius 3 is 2.81 bits per heavy atom. The molecule has 2 N–H and O–H groups in total. The molecule has 31 heavy (non-hydrogen) atoms. The highest BCUT2D eigenvalue weighted by molar-refractivity contribution is 6.31. The van der Waals surface area contributed by atoms with Gasteiger partial charge < -0.3 is 24.5 Å². The highest BCUT2D eigenvalue weighted by Gasteiger charge is 2.26. The maximum absolute atomic E-state index is 12.6. The molecule has 2 aromatic heterocycles. The number of carbonyl (C=O) groups is 2. The third kappa shape index (κ3) is 4.82. The Kier molecular flexibility index (Phi) is 5.62. The first-order chi connectivity index (χ1) is 14.7. The summed E-state index contributed by atoms with van der Waals surface area (Å²) in [5, 5.41) is 12.8. The lowest BCUT2D eigenvalue weighted by atomic mass is 10.2. The van der Waals surface area contributed by atoms with Gasteiger partial charge in [-0.2, -0.15) is 0 Å². The van der Waals surface area contributed by atoms with E-state index in [0.29, 0.717) is 42.0 Å². The zero-order valence-electron chi connectivity index (χ0n) is 17.7. The van der Waals surface area contributed by atoms with E-state index in [0.717, 1.165) is 17.3 Å². The number of fused-ring (bicyclic) bond motifs is 2. The molecule has 0 saturated heterocycles. The van der Waals surface area contributed by atoms with Crippen LogP contribution >= 0.6 is 11.6 Å². The largest absolute Gasteiger partial charge is 0.444 e. The number of aromatic amines is 1. The topological polar surface area (TPSA) is 105 Å². The summed E-state index contributed by atoms with van der Waals surface area (Å²) in [7, 11) is 0. The van der Waals surface area contributed by atoms with Crippen molar-refractivity contribution in [3.63, 3.8) is 0 Å². The minimum absolute atomic E-state index is 0.231. The van der Waals surface area contributed by atoms with Gasteiger partial charge in [-0.15, -0.1) is 10.2 Å². The summed E-state index contributed by atoms with van der Waals surface area (Å²) in [6.45, 7) is 7.31. The second-order valence-corrected chi connectivity index (χ2v) is 8.97. The summed E-state index contributed by atoms with van der Waals surface area (Å²) >= 11 is 6.01. The number of amides is 2. The van der Waals surface area contributed by atoms with Gasteiger partial charge in [0.15, 0.2) is 11.6 Å². The molecule has 0 radical (unpaired) electrons. The van der Waals surface area contributed by atoms with Crippen LogP contribution in [0.5, 0.6) is 0 Å². The van der Waals surface area contributed by atoms with Gasteiger partial charge in [0, 0.05) is 29.0 Å². The highest BCUT2D eigenvalue weighted by Crippen LogP contribution is 2.20.